The van der Waals surface area contributed by atoms with E-state index in [9.17, 15) is 9.59 Å². The van der Waals surface area contributed by atoms with Crippen molar-refractivity contribution in [1.29, 1.82) is 0 Å². The summed E-state index contributed by atoms with van der Waals surface area (Å²) in [6.07, 6.45) is 0.881. The number of fused-ring (bicyclic) bond motifs is 1. The van der Waals surface area contributed by atoms with Gasteiger partial charge < -0.3 is 15.8 Å². The highest BCUT2D eigenvalue weighted by atomic mass is 32.1. The van der Waals surface area contributed by atoms with Crippen LogP contribution in [0.1, 0.15) is 26.4 Å². The van der Waals surface area contributed by atoms with Gasteiger partial charge in [-0.3, -0.25) is 9.59 Å². The second-order valence-corrected chi connectivity index (χ2v) is 6.68. The Balaban J connectivity index is 1.57. The van der Waals surface area contributed by atoms with Crippen molar-refractivity contribution in [3.05, 3.63) is 64.7 Å². The van der Waals surface area contributed by atoms with Gasteiger partial charge in [-0.25, -0.2) is 4.98 Å². The number of anilines is 1. The minimum Gasteiger partial charge on any atom is -0.493 e. The number of hydrogen-bond acceptors (Lipinski definition) is 5. The number of thiazole rings is 1. The van der Waals surface area contributed by atoms with Crippen LogP contribution in [0.5, 0.6) is 5.75 Å². The third-order valence-electron chi connectivity index (χ3n) is 4.11. The van der Waals surface area contributed by atoms with E-state index in [2.05, 4.69) is 10.3 Å². The Morgan fingerprint density at radius 2 is 2.04 bits per heavy atom. The fraction of sp³-hybridized carbons (Fsp3) is 0.105. The van der Waals surface area contributed by atoms with Crippen molar-refractivity contribution in [1.82, 2.24) is 4.98 Å². The lowest BCUT2D eigenvalue weighted by Crippen LogP contribution is -2.18. The molecule has 0 fully saturated rings. The van der Waals surface area contributed by atoms with Crippen LogP contribution in [-0.2, 0) is 6.42 Å². The summed E-state index contributed by atoms with van der Waals surface area (Å²) in [6, 6.07) is 12.5. The SMILES string of the molecule is NC(=O)c1ccccc1NC(=O)c1csc(-c2ccc3c(c2)CCO3)n1. The first kappa shape index (κ1) is 16.3. The van der Waals surface area contributed by atoms with Crippen LogP contribution in [0.25, 0.3) is 10.6 Å². The van der Waals surface area contributed by atoms with Crippen molar-refractivity contribution < 1.29 is 14.3 Å². The fourth-order valence-corrected chi connectivity index (χ4v) is 3.62. The predicted octanol–water partition coefficient (Wildman–Crippen LogP) is 3.10. The van der Waals surface area contributed by atoms with E-state index >= 15 is 0 Å². The van der Waals surface area contributed by atoms with E-state index in [4.69, 9.17) is 10.5 Å². The molecule has 2 heterocycles. The molecule has 7 heteroatoms. The van der Waals surface area contributed by atoms with E-state index in [1.165, 1.54) is 11.3 Å². The zero-order valence-corrected chi connectivity index (χ0v) is 14.5. The van der Waals surface area contributed by atoms with Gasteiger partial charge in [0.25, 0.3) is 11.8 Å². The molecule has 130 valence electrons. The average Bonchev–Trinajstić information content (AvgIpc) is 3.30. The van der Waals surface area contributed by atoms with E-state index in [0.717, 1.165) is 28.3 Å². The van der Waals surface area contributed by atoms with Crippen molar-refractivity contribution in [2.75, 3.05) is 11.9 Å². The molecule has 26 heavy (non-hydrogen) atoms. The van der Waals surface area contributed by atoms with Crippen LogP contribution in [0, 0.1) is 0 Å². The molecule has 1 aliphatic rings. The van der Waals surface area contributed by atoms with Gasteiger partial charge in [0, 0.05) is 17.4 Å². The topological polar surface area (TPSA) is 94.3 Å². The van der Waals surface area contributed by atoms with E-state index < -0.39 is 5.91 Å². The molecule has 0 unspecified atom stereocenters. The Hall–Kier alpha value is -3.19. The highest BCUT2D eigenvalue weighted by Gasteiger charge is 2.17. The van der Waals surface area contributed by atoms with Crippen LogP contribution in [0.2, 0.25) is 0 Å². The third kappa shape index (κ3) is 3.04. The Morgan fingerprint density at radius 3 is 2.88 bits per heavy atom. The molecule has 2 amide bonds. The Bertz CT molecular complexity index is 1010. The first-order valence-corrected chi connectivity index (χ1v) is 8.91. The molecule has 0 saturated carbocycles. The zero-order chi connectivity index (χ0) is 18.1. The van der Waals surface area contributed by atoms with Crippen LogP contribution in [-0.4, -0.2) is 23.4 Å². The molecular weight excluding hydrogens is 350 g/mol. The van der Waals surface area contributed by atoms with Gasteiger partial charge in [0.05, 0.1) is 17.9 Å². The molecule has 0 aliphatic carbocycles. The summed E-state index contributed by atoms with van der Waals surface area (Å²) in [7, 11) is 0. The van der Waals surface area contributed by atoms with Crippen LogP contribution in [0.4, 0.5) is 5.69 Å². The van der Waals surface area contributed by atoms with Crippen molar-refractivity contribution in [2.24, 2.45) is 5.73 Å². The number of nitrogens with two attached hydrogens (primary N) is 1. The summed E-state index contributed by atoms with van der Waals surface area (Å²) in [5, 5.41) is 5.15. The van der Waals surface area contributed by atoms with E-state index in [-0.39, 0.29) is 11.5 Å². The predicted molar refractivity (Wildman–Crippen MR) is 99.7 cm³/mol. The van der Waals surface area contributed by atoms with E-state index in [0.29, 0.717) is 18.0 Å². The molecule has 2 aromatic carbocycles. The number of rotatable bonds is 4. The Labute approximate surface area is 153 Å². The molecule has 6 nitrogen and oxygen atoms in total. The van der Waals surface area contributed by atoms with Gasteiger partial charge in [0.15, 0.2) is 0 Å². The summed E-state index contributed by atoms with van der Waals surface area (Å²) < 4.78 is 5.51. The van der Waals surface area contributed by atoms with Crippen molar-refractivity contribution >= 4 is 28.8 Å². The number of hydrogen-bond donors (Lipinski definition) is 2. The van der Waals surface area contributed by atoms with Crippen LogP contribution >= 0.6 is 11.3 Å². The van der Waals surface area contributed by atoms with E-state index in [1.54, 1.807) is 29.6 Å². The molecule has 0 spiro atoms. The van der Waals surface area contributed by atoms with E-state index in [1.807, 2.05) is 18.2 Å². The minimum atomic E-state index is -0.597. The number of ether oxygens (including phenoxy) is 1. The largest absolute Gasteiger partial charge is 0.493 e. The smallest absolute Gasteiger partial charge is 0.275 e. The normalized spacial score (nSPS) is 12.3. The molecular formula is C19H15N3O3S. The van der Waals surface area contributed by atoms with Gasteiger partial charge in [0.1, 0.15) is 16.5 Å². The van der Waals surface area contributed by atoms with Gasteiger partial charge in [-0.1, -0.05) is 12.1 Å². The molecule has 0 atom stereocenters. The maximum atomic E-state index is 12.5. The quantitative estimate of drug-likeness (QED) is 0.743. The standard InChI is InChI=1S/C19H15N3O3S/c20-17(23)13-3-1-2-4-14(13)21-18(24)15-10-26-19(22-15)12-5-6-16-11(9-12)7-8-25-16/h1-6,9-10H,7-8H2,(H2,20,23)(H,21,24). The Morgan fingerprint density at radius 1 is 1.19 bits per heavy atom. The van der Waals surface area contributed by atoms with Crippen molar-refractivity contribution in [3.63, 3.8) is 0 Å². The molecule has 1 aliphatic heterocycles. The number of nitrogens with zero attached hydrogens (tertiary/aromatic N) is 1. The number of nitrogens with one attached hydrogen (secondary N) is 1. The Kier molecular flexibility index (Phi) is 4.14. The van der Waals surface area contributed by atoms with Crippen molar-refractivity contribution in [2.45, 2.75) is 6.42 Å². The molecule has 0 bridgehead atoms. The number of benzene rings is 2. The lowest BCUT2D eigenvalue weighted by molar-refractivity contribution is 0.100. The van der Waals surface area contributed by atoms with Gasteiger partial charge in [-0.15, -0.1) is 11.3 Å². The number of carbonyl (C=O) groups excluding carboxylic acids is 2. The molecule has 0 saturated heterocycles. The number of amides is 2. The summed E-state index contributed by atoms with van der Waals surface area (Å²) in [5.41, 5.74) is 8.37. The zero-order valence-electron chi connectivity index (χ0n) is 13.7. The van der Waals surface area contributed by atoms with Gasteiger partial charge >= 0.3 is 0 Å². The minimum absolute atomic E-state index is 0.259. The maximum Gasteiger partial charge on any atom is 0.275 e. The summed E-state index contributed by atoms with van der Waals surface area (Å²) in [5.74, 6) is -0.0720. The van der Waals surface area contributed by atoms with Crippen LogP contribution < -0.4 is 15.8 Å². The summed E-state index contributed by atoms with van der Waals surface area (Å²) in [6.45, 7) is 0.698. The van der Waals surface area contributed by atoms with Crippen molar-refractivity contribution in [3.8, 4) is 16.3 Å². The molecule has 3 N–H and O–H groups in total. The second kappa shape index (κ2) is 6.61. The highest BCUT2D eigenvalue weighted by molar-refractivity contribution is 7.13. The van der Waals surface area contributed by atoms with Gasteiger partial charge in [-0.2, -0.15) is 0 Å². The van der Waals surface area contributed by atoms with Gasteiger partial charge in [-0.05, 0) is 35.9 Å². The lowest BCUT2D eigenvalue weighted by Gasteiger charge is -2.07. The molecule has 1 aromatic heterocycles. The number of para-hydroxylation sites is 1. The monoisotopic (exact) mass is 365 g/mol. The lowest BCUT2D eigenvalue weighted by atomic mass is 10.1. The highest BCUT2D eigenvalue weighted by Crippen LogP contribution is 2.32. The van der Waals surface area contributed by atoms with Crippen LogP contribution in [0.3, 0.4) is 0 Å². The first-order valence-electron chi connectivity index (χ1n) is 8.03. The fourth-order valence-electron chi connectivity index (χ4n) is 2.82. The summed E-state index contributed by atoms with van der Waals surface area (Å²) in [4.78, 5) is 28.4. The average molecular weight is 365 g/mol. The maximum absolute atomic E-state index is 12.5. The number of primary amides is 1. The third-order valence-corrected chi connectivity index (χ3v) is 5.01. The second-order valence-electron chi connectivity index (χ2n) is 5.82. The first-order chi connectivity index (χ1) is 12.6. The number of carbonyl (C=O) groups is 2. The molecule has 0 radical (unpaired) electrons. The molecule has 3 aromatic rings. The number of aromatic nitrogens is 1. The van der Waals surface area contributed by atoms with Gasteiger partial charge in [0.2, 0.25) is 0 Å². The van der Waals surface area contributed by atoms with Crippen LogP contribution in [0.15, 0.2) is 47.8 Å². The molecule has 4 rings (SSSR count). The summed E-state index contributed by atoms with van der Waals surface area (Å²) >= 11 is 1.39.